The SMILES string of the molecule is CCCOc1ccc(CNC(=O)C(C)C2CNC2)c(OC(F)F)c1. The van der Waals surface area contributed by atoms with E-state index in [1.54, 1.807) is 12.1 Å². The Balaban J connectivity index is 2.00. The van der Waals surface area contributed by atoms with Crippen LogP contribution < -0.4 is 20.1 Å². The highest BCUT2D eigenvalue weighted by Gasteiger charge is 2.28. The van der Waals surface area contributed by atoms with E-state index in [9.17, 15) is 13.6 Å². The van der Waals surface area contributed by atoms with Crippen molar-refractivity contribution >= 4 is 5.91 Å². The smallest absolute Gasteiger partial charge is 0.387 e. The minimum atomic E-state index is -2.93. The summed E-state index contributed by atoms with van der Waals surface area (Å²) in [7, 11) is 0. The van der Waals surface area contributed by atoms with E-state index in [0.29, 0.717) is 23.8 Å². The van der Waals surface area contributed by atoms with E-state index < -0.39 is 6.61 Å². The van der Waals surface area contributed by atoms with E-state index >= 15 is 0 Å². The molecule has 134 valence electrons. The molecule has 1 aliphatic rings. The summed E-state index contributed by atoms with van der Waals surface area (Å²) in [6.07, 6.45) is 0.816. The molecule has 1 aromatic rings. The van der Waals surface area contributed by atoms with Crippen LogP contribution in [-0.2, 0) is 11.3 Å². The zero-order chi connectivity index (χ0) is 17.5. The highest BCUT2D eigenvalue weighted by atomic mass is 19.3. The van der Waals surface area contributed by atoms with Crippen molar-refractivity contribution in [2.45, 2.75) is 33.4 Å². The number of halogens is 2. The summed E-state index contributed by atoms with van der Waals surface area (Å²) in [4.78, 5) is 12.1. The molecule has 1 unspecified atom stereocenters. The maximum atomic E-state index is 12.6. The average Bonchev–Trinajstić information content (AvgIpc) is 2.49. The third-order valence-corrected chi connectivity index (χ3v) is 4.11. The van der Waals surface area contributed by atoms with E-state index in [2.05, 4.69) is 15.4 Å². The highest BCUT2D eigenvalue weighted by molar-refractivity contribution is 5.78. The van der Waals surface area contributed by atoms with E-state index in [1.807, 2.05) is 13.8 Å². The molecule has 0 radical (unpaired) electrons. The van der Waals surface area contributed by atoms with Gasteiger partial charge in [-0.1, -0.05) is 13.8 Å². The molecule has 5 nitrogen and oxygen atoms in total. The molecule has 24 heavy (non-hydrogen) atoms. The quantitative estimate of drug-likeness (QED) is 0.724. The molecular weight excluding hydrogens is 318 g/mol. The third-order valence-electron chi connectivity index (χ3n) is 4.11. The lowest BCUT2D eigenvalue weighted by Gasteiger charge is -2.31. The van der Waals surface area contributed by atoms with Crippen LogP contribution in [0.4, 0.5) is 8.78 Å². The van der Waals surface area contributed by atoms with Crippen molar-refractivity contribution in [1.29, 1.82) is 0 Å². The number of carbonyl (C=O) groups is 1. The lowest BCUT2D eigenvalue weighted by molar-refractivity contribution is -0.126. The van der Waals surface area contributed by atoms with Gasteiger partial charge in [-0.15, -0.1) is 0 Å². The fraction of sp³-hybridized carbons (Fsp3) is 0.588. The summed E-state index contributed by atoms with van der Waals surface area (Å²) < 4.78 is 35.2. The van der Waals surface area contributed by atoms with Gasteiger partial charge in [-0.3, -0.25) is 4.79 Å². The van der Waals surface area contributed by atoms with E-state index in [-0.39, 0.29) is 24.1 Å². The van der Waals surface area contributed by atoms with Crippen LogP contribution in [0.3, 0.4) is 0 Å². The molecular formula is C17H24F2N2O3. The molecule has 1 fully saturated rings. The van der Waals surface area contributed by atoms with Gasteiger partial charge in [0.15, 0.2) is 0 Å². The van der Waals surface area contributed by atoms with E-state index in [1.165, 1.54) is 6.07 Å². The number of hydrogen-bond acceptors (Lipinski definition) is 4. The molecule has 7 heteroatoms. The summed E-state index contributed by atoms with van der Waals surface area (Å²) in [6, 6.07) is 4.76. The number of hydrogen-bond donors (Lipinski definition) is 2. The molecule has 1 heterocycles. The molecule has 0 aromatic heterocycles. The molecule has 1 aliphatic heterocycles. The number of benzene rings is 1. The van der Waals surface area contributed by atoms with Crippen LogP contribution in [-0.4, -0.2) is 32.2 Å². The van der Waals surface area contributed by atoms with Crippen molar-refractivity contribution in [2.24, 2.45) is 11.8 Å². The van der Waals surface area contributed by atoms with E-state index in [4.69, 9.17) is 4.74 Å². The summed E-state index contributed by atoms with van der Waals surface area (Å²) in [5.74, 6) is 0.619. The highest BCUT2D eigenvalue weighted by Crippen LogP contribution is 2.27. The second kappa shape index (κ2) is 8.82. The van der Waals surface area contributed by atoms with Gasteiger partial charge >= 0.3 is 6.61 Å². The van der Waals surface area contributed by atoms with Crippen molar-refractivity contribution in [2.75, 3.05) is 19.7 Å². The first-order chi connectivity index (χ1) is 11.5. The largest absolute Gasteiger partial charge is 0.493 e. The predicted molar refractivity (Wildman–Crippen MR) is 86.2 cm³/mol. The van der Waals surface area contributed by atoms with Crippen LogP contribution in [0.1, 0.15) is 25.8 Å². The second-order valence-corrected chi connectivity index (χ2v) is 5.92. The number of amides is 1. The molecule has 2 rings (SSSR count). The van der Waals surface area contributed by atoms with E-state index in [0.717, 1.165) is 19.5 Å². The molecule has 1 saturated heterocycles. The molecule has 0 spiro atoms. The second-order valence-electron chi connectivity index (χ2n) is 5.92. The standard InChI is InChI=1S/C17H24F2N2O3/c1-3-6-23-14-5-4-12(15(7-14)24-17(18)19)10-21-16(22)11(2)13-8-20-9-13/h4-5,7,11,13,17,20H,3,6,8-10H2,1-2H3,(H,21,22). The van der Waals surface area contributed by atoms with Gasteiger partial charge in [0.2, 0.25) is 5.91 Å². The first kappa shape index (κ1) is 18.4. The molecule has 2 N–H and O–H groups in total. The Morgan fingerprint density at radius 3 is 2.75 bits per heavy atom. The Morgan fingerprint density at radius 2 is 2.17 bits per heavy atom. The predicted octanol–water partition coefficient (Wildman–Crippen LogP) is 2.55. The average molecular weight is 342 g/mol. The fourth-order valence-electron chi connectivity index (χ4n) is 2.42. The topological polar surface area (TPSA) is 59.6 Å². The number of ether oxygens (including phenoxy) is 2. The van der Waals surface area contributed by atoms with Gasteiger partial charge < -0.3 is 20.1 Å². The number of nitrogens with one attached hydrogen (secondary N) is 2. The Bertz CT molecular complexity index is 551. The maximum Gasteiger partial charge on any atom is 0.387 e. The lowest BCUT2D eigenvalue weighted by Crippen LogP contribution is -2.49. The molecule has 1 aromatic carbocycles. The van der Waals surface area contributed by atoms with Crippen LogP contribution >= 0.6 is 0 Å². The summed E-state index contributed by atoms with van der Waals surface area (Å²) in [5, 5.41) is 5.92. The Morgan fingerprint density at radius 1 is 1.42 bits per heavy atom. The first-order valence-corrected chi connectivity index (χ1v) is 8.20. The number of alkyl halides is 2. The van der Waals surface area contributed by atoms with Gasteiger partial charge in [0, 0.05) is 24.1 Å². The van der Waals surface area contributed by atoms with Crippen LogP contribution in [0, 0.1) is 11.8 Å². The maximum absolute atomic E-state index is 12.6. The Labute approximate surface area is 140 Å². The van der Waals surface area contributed by atoms with Crippen LogP contribution in [0.25, 0.3) is 0 Å². The zero-order valence-corrected chi connectivity index (χ0v) is 14.0. The molecule has 1 amide bonds. The van der Waals surface area contributed by atoms with Gasteiger partial charge in [0.1, 0.15) is 11.5 Å². The number of rotatable bonds is 9. The molecule has 0 bridgehead atoms. The normalized spacial score (nSPS) is 15.7. The summed E-state index contributed by atoms with van der Waals surface area (Å²) in [6.45, 7) is 3.20. The fourth-order valence-corrected chi connectivity index (χ4v) is 2.42. The zero-order valence-electron chi connectivity index (χ0n) is 14.0. The van der Waals surface area contributed by atoms with Gasteiger partial charge in [-0.05, 0) is 37.6 Å². The van der Waals surface area contributed by atoms with Gasteiger partial charge in [-0.25, -0.2) is 0 Å². The monoisotopic (exact) mass is 342 g/mol. The summed E-state index contributed by atoms with van der Waals surface area (Å²) in [5.41, 5.74) is 0.492. The third kappa shape index (κ3) is 5.06. The van der Waals surface area contributed by atoms with Crippen molar-refractivity contribution in [1.82, 2.24) is 10.6 Å². The number of carbonyl (C=O) groups excluding carboxylic acids is 1. The van der Waals surface area contributed by atoms with Crippen molar-refractivity contribution in [3.63, 3.8) is 0 Å². The van der Waals surface area contributed by atoms with Gasteiger partial charge in [-0.2, -0.15) is 8.78 Å². The van der Waals surface area contributed by atoms with Crippen molar-refractivity contribution in [3.05, 3.63) is 23.8 Å². The Hall–Kier alpha value is -1.89. The van der Waals surface area contributed by atoms with Crippen LogP contribution in [0.2, 0.25) is 0 Å². The first-order valence-electron chi connectivity index (χ1n) is 8.20. The minimum absolute atomic E-state index is 0.0249. The molecule has 0 aliphatic carbocycles. The van der Waals surface area contributed by atoms with Crippen LogP contribution in [0.15, 0.2) is 18.2 Å². The summed E-state index contributed by atoms with van der Waals surface area (Å²) >= 11 is 0. The van der Waals surface area contributed by atoms with Gasteiger partial charge in [0.25, 0.3) is 0 Å². The molecule has 0 saturated carbocycles. The lowest BCUT2D eigenvalue weighted by atomic mass is 9.88. The van der Waals surface area contributed by atoms with Crippen molar-refractivity contribution < 1.29 is 23.0 Å². The molecule has 1 atom stereocenters. The van der Waals surface area contributed by atoms with Crippen LogP contribution in [0.5, 0.6) is 11.5 Å². The van der Waals surface area contributed by atoms with Gasteiger partial charge in [0.05, 0.1) is 6.61 Å². The Kier molecular flexibility index (Phi) is 6.78. The van der Waals surface area contributed by atoms with Crippen molar-refractivity contribution in [3.8, 4) is 11.5 Å². The minimum Gasteiger partial charge on any atom is -0.493 e.